The molecule has 1 amide bonds. The van der Waals surface area contributed by atoms with Gasteiger partial charge in [0.1, 0.15) is 0 Å². The average Bonchev–Trinajstić information content (AvgIpc) is 2.93. The number of benzene rings is 1. The first-order valence-corrected chi connectivity index (χ1v) is 7.54. The molecule has 20 heavy (non-hydrogen) atoms. The van der Waals surface area contributed by atoms with E-state index in [0.29, 0.717) is 22.3 Å². The van der Waals surface area contributed by atoms with Gasteiger partial charge in [0.15, 0.2) is 0 Å². The van der Waals surface area contributed by atoms with Crippen molar-refractivity contribution in [1.29, 1.82) is 0 Å². The summed E-state index contributed by atoms with van der Waals surface area (Å²) in [7, 11) is 0. The SMILES string of the molecule is CC(C(=O)Nc1ccc(SC(F)F)cc1)N1CCCC1. The number of amides is 1. The fourth-order valence-electron chi connectivity index (χ4n) is 2.26. The standard InChI is InChI=1S/C14H18F2N2OS/c1-10(18-8-2-3-9-18)13(19)17-11-4-6-12(7-5-11)20-14(15)16/h4-7,10,14H,2-3,8-9H2,1H3,(H,17,19). The number of halogens is 2. The van der Waals surface area contributed by atoms with Crippen molar-refractivity contribution in [3.63, 3.8) is 0 Å². The second-order valence-electron chi connectivity index (χ2n) is 4.81. The predicted octanol–water partition coefficient (Wildman–Crippen LogP) is 3.42. The van der Waals surface area contributed by atoms with Gasteiger partial charge in [-0.1, -0.05) is 11.8 Å². The molecule has 0 aromatic heterocycles. The van der Waals surface area contributed by atoms with E-state index in [1.165, 1.54) is 0 Å². The number of likely N-dealkylation sites (tertiary alicyclic amines) is 1. The number of anilines is 1. The number of nitrogens with zero attached hydrogens (tertiary/aromatic N) is 1. The molecule has 1 N–H and O–H groups in total. The van der Waals surface area contributed by atoms with Crippen LogP contribution in [0.4, 0.5) is 14.5 Å². The molecule has 0 spiro atoms. The van der Waals surface area contributed by atoms with E-state index in [1.54, 1.807) is 24.3 Å². The molecular weight excluding hydrogens is 282 g/mol. The van der Waals surface area contributed by atoms with Crippen LogP contribution in [0.2, 0.25) is 0 Å². The molecule has 0 saturated carbocycles. The van der Waals surface area contributed by atoms with E-state index in [0.717, 1.165) is 25.9 Å². The third kappa shape index (κ3) is 4.18. The van der Waals surface area contributed by atoms with E-state index in [4.69, 9.17) is 0 Å². The van der Waals surface area contributed by atoms with Crippen molar-refractivity contribution in [3.05, 3.63) is 24.3 Å². The summed E-state index contributed by atoms with van der Waals surface area (Å²) in [4.78, 5) is 14.7. The molecule has 0 radical (unpaired) electrons. The lowest BCUT2D eigenvalue weighted by Crippen LogP contribution is -2.40. The lowest BCUT2D eigenvalue weighted by molar-refractivity contribution is -0.120. The molecule has 2 rings (SSSR count). The molecule has 1 aromatic carbocycles. The fraction of sp³-hybridized carbons (Fsp3) is 0.500. The molecule has 1 aliphatic heterocycles. The van der Waals surface area contributed by atoms with Crippen molar-refractivity contribution in [2.24, 2.45) is 0 Å². The first kappa shape index (κ1) is 15.3. The molecule has 1 fully saturated rings. The van der Waals surface area contributed by atoms with Crippen molar-refractivity contribution < 1.29 is 13.6 Å². The number of carbonyl (C=O) groups is 1. The van der Waals surface area contributed by atoms with Gasteiger partial charge in [-0.05, 0) is 57.1 Å². The van der Waals surface area contributed by atoms with E-state index in [2.05, 4.69) is 10.2 Å². The predicted molar refractivity (Wildman–Crippen MR) is 77.2 cm³/mol. The van der Waals surface area contributed by atoms with Crippen LogP contribution in [0.25, 0.3) is 0 Å². The van der Waals surface area contributed by atoms with Crippen molar-refractivity contribution in [1.82, 2.24) is 4.90 Å². The summed E-state index contributed by atoms with van der Waals surface area (Å²) in [5.74, 6) is -2.48. The summed E-state index contributed by atoms with van der Waals surface area (Å²) in [6.45, 7) is 3.80. The summed E-state index contributed by atoms with van der Waals surface area (Å²) in [5.41, 5.74) is 0.639. The van der Waals surface area contributed by atoms with Gasteiger partial charge < -0.3 is 5.32 Å². The average molecular weight is 300 g/mol. The maximum atomic E-state index is 12.2. The fourth-order valence-corrected chi connectivity index (χ4v) is 2.76. The lowest BCUT2D eigenvalue weighted by Gasteiger charge is -2.22. The van der Waals surface area contributed by atoms with Gasteiger partial charge in [0, 0.05) is 10.6 Å². The second kappa shape index (κ2) is 7.04. The molecule has 0 aliphatic carbocycles. The summed E-state index contributed by atoms with van der Waals surface area (Å²) in [6.07, 6.45) is 2.27. The van der Waals surface area contributed by atoms with E-state index >= 15 is 0 Å². The largest absolute Gasteiger partial charge is 0.325 e. The molecule has 1 aliphatic rings. The topological polar surface area (TPSA) is 32.3 Å². The third-order valence-corrected chi connectivity index (χ3v) is 4.14. The van der Waals surface area contributed by atoms with Gasteiger partial charge in [0.05, 0.1) is 6.04 Å². The third-order valence-electron chi connectivity index (χ3n) is 3.41. The Balaban J connectivity index is 1.90. The summed E-state index contributed by atoms with van der Waals surface area (Å²) >= 11 is 0.498. The van der Waals surface area contributed by atoms with Crippen LogP contribution in [0.5, 0.6) is 0 Å². The van der Waals surface area contributed by atoms with Crippen LogP contribution in [0.3, 0.4) is 0 Å². The first-order chi connectivity index (χ1) is 9.56. The smallest absolute Gasteiger partial charge is 0.288 e. The lowest BCUT2D eigenvalue weighted by atomic mass is 10.2. The molecule has 3 nitrogen and oxygen atoms in total. The monoisotopic (exact) mass is 300 g/mol. The van der Waals surface area contributed by atoms with Crippen molar-refractivity contribution in [2.45, 2.75) is 36.5 Å². The Hall–Kier alpha value is -1.14. The minimum atomic E-state index is -2.43. The van der Waals surface area contributed by atoms with Crippen molar-refractivity contribution in [3.8, 4) is 0 Å². The van der Waals surface area contributed by atoms with Crippen molar-refractivity contribution >= 4 is 23.4 Å². The van der Waals surface area contributed by atoms with Gasteiger partial charge >= 0.3 is 0 Å². The highest BCUT2D eigenvalue weighted by Crippen LogP contribution is 2.26. The van der Waals surface area contributed by atoms with E-state index < -0.39 is 5.76 Å². The quantitative estimate of drug-likeness (QED) is 0.846. The van der Waals surface area contributed by atoms with Gasteiger partial charge in [-0.15, -0.1) is 0 Å². The maximum Gasteiger partial charge on any atom is 0.288 e. The van der Waals surface area contributed by atoms with Crippen LogP contribution in [0.1, 0.15) is 19.8 Å². The van der Waals surface area contributed by atoms with E-state index in [9.17, 15) is 13.6 Å². The Morgan fingerprint density at radius 1 is 1.25 bits per heavy atom. The molecule has 6 heteroatoms. The summed E-state index contributed by atoms with van der Waals surface area (Å²) in [5, 5.41) is 2.82. The molecule has 1 atom stereocenters. The molecular formula is C14H18F2N2OS. The van der Waals surface area contributed by atoms with E-state index in [1.807, 2.05) is 6.92 Å². The highest BCUT2D eigenvalue weighted by Gasteiger charge is 2.23. The summed E-state index contributed by atoms with van der Waals surface area (Å²) < 4.78 is 24.4. The van der Waals surface area contributed by atoms with Crippen LogP contribution >= 0.6 is 11.8 Å². The number of alkyl halides is 2. The van der Waals surface area contributed by atoms with Crippen LogP contribution in [-0.4, -0.2) is 35.7 Å². The normalized spacial score (nSPS) is 17.4. The van der Waals surface area contributed by atoms with Gasteiger partial charge in [0.25, 0.3) is 5.76 Å². The highest BCUT2D eigenvalue weighted by molar-refractivity contribution is 7.99. The Bertz CT molecular complexity index is 447. The molecule has 0 bridgehead atoms. The number of rotatable bonds is 5. The Kier molecular flexibility index (Phi) is 5.37. The number of carbonyl (C=O) groups excluding carboxylic acids is 1. The Morgan fingerprint density at radius 3 is 2.40 bits per heavy atom. The molecule has 1 unspecified atom stereocenters. The Morgan fingerprint density at radius 2 is 1.85 bits per heavy atom. The van der Waals surface area contributed by atoms with Gasteiger partial charge in [-0.25, -0.2) is 0 Å². The van der Waals surface area contributed by atoms with Crippen LogP contribution < -0.4 is 5.32 Å². The molecule has 1 saturated heterocycles. The van der Waals surface area contributed by atoms with Crippen LogP contribution in [0.15, 0.2) is 29.2 Å². The maximum absolute atomic E-state index is 12.2. The highest BCUT2D eigenvalue weighted by atomic mass is 32.2. The van der Waals surface area contributed by atoms with Crippen LogP contribution in [0, 0.1) is 0 Å². The number of hydrogen-bond acceptors (Lipinski definition) is 3. The first-order valence-electron chi connectivity index (χ1n) is 6.66. The second-order valence-corrected chi connectivity index (χ2v) is 5.87. The van der Waals surface area contributed by atoms with Gasteiger partial charge in [0.2, 0.25) is 5.91 Å². The number of nitrogens with one attached hydrogen (secondary N) is 1. The molecule has 1 heterocycles. The minimum Gasteiger partial charge on any atom is -0.325 e. The zero-order valence-electron chi connectivity index (χ0n) is 11.3. The van der Waals surface area contributed by atoms with Crippen molar-refractivity contribution in [2.75, 3.05) is 18.4 Å². The number of hydrogen-bond donors (Lipinski definition) is 1. The zero-order chi connectivity index (χ0) is 14.5. The van der Waals surface area contributed by atoms with Crippen LogP contribution in [-0.2, 0) is 4.79 Å². The molecule has 110 valence electrons. The van der Waals surface area contributed by atoms with Gasteiger partial charge in [-0.3, -0.25) is 9.69 Å². The van der Waals surface area contributed by atoms with Gasteiger partial charge in [-0.2, -0.15) is 8.78 Å². The van der Waals surface area contributed by atoms with E-state index in [-0.39, 0.29) is 11.9 Å². The minimum absolute atomic E-state index is 0.0545. The molecule has 1 aromatic rings. The zero-order valence-corrected chi connectivity index (χ0v) is 12.1. The number of thioether (sulfide) groups is 1. The Labute approximate surface area is 121 Å². The summed E-state index contributed by atoms with van der Waals surface area (Å²) in [6, 6.07) is 6.33.